The van der Waals surface area contributed by atoms with Gasteiger partial charge >= 0.3 is 0 Å². The molecule has 1 fully saturated rings. The van der Waals surface area contributed by atoms with E-state index in [1.165, 1.54) is 6.26 Å². The molecule has 0 saturated carbocycles. The third-order valence-corrected chi connectivity index (χ3v) is 5.08. The number of amides is 3. The molecule has 3 amide bonds. The van der Waals surface area contributed by atoms with Crippen molar-refractivity contribution in [2.45, 2.75) is 20.8 Å². The zero-order chi connectivity index (χ0) is 20.3. The smallest absolute Gasteiger partial charge is 0.289 e. The van der Waals surface area contributed by atoms with Crippen molar-refractivity contribution in [3.8, 4) is 0 Å². The second kappa shape index (κ2) is 7.88. The summed E-state index contributed by atoms with van der Waals surface area (Å²) in [6.45, 7) is 6.73. The van der Waals surface area contributed by atoms with Crippen LogP contribution in [0.4, 0.5) is 5.69 Å². The van der Waals surface area contributed by atoms with E-state index >= 15 is 0 Å². The number of anilines is 1. The van der Waals surface area contributed by atoms with Crippen LogP contribution in [-0.2, 0) is 9.59 Å². The highest BCUT2D eigenvalue weighted by molar-refractivity contribution is 6.10. The molecule has 148 valence electrons. The molecular weight excluding hydrogens is 358 g/mol. The molecule has 1 aliphatic heterocycles. The normalized spacial score (nSPS) is 14.7. The second-order valence-electron chi connectivity index (χ2n) is 7.46. The van der Waals surface area contributed by atoms with Crippen LogP contribution < -0.4 is 5.32 Å². The van der Waals surface area contributed by atoms with Gasteiger partial charge < -0.3 is 19.5 Å². The molecule has 2 heterocycles. The lowest BCUT2D eigenvalue weighted by Crippen LogP contribution is -2.55. The van der Waals surface area contributed by atoms with Gasteiger partial charge in [0.05, 0.1) is 6.26 Å². The summed E-state index contributed by atoms with van der Waals surface area (Å²) in [7, 11) is 0. The highest BCUT2D eigenvalue weighted by Crippen LogP contribution is 2.24. The molecule has 2 aromatic rings. The average molecular weight is 383 g/mol. The van der Waals surface area contributed by atoms with E-state index in [4.69, 9.17) is 4.42 Å². The van der Waals surface area contributed by atoms with Crippen LogP contribution in [0, 0.1) is 12.3 Å². The molecule has 7 heteroatoms. The topological polar surface area (TPSA) is 82.9 Å². The van der Waals surface area contributed by atoms with Crippen LogP contribution >= 0.6 is 0 Å². The zero-order valence-corrected chi connectivity index (χ0v) is 16.4. The largest absolute Gasteiger partial charge is 0.459 e. The summed E-state index contributed by atoms with van der Waals surface area (Å²) in [6, 6.07) is 10.7. The van der Waals surface area contributed by atoms with Gasteiger partial charge in [0.1, 0.15) is 5.41 Å². The van der Waals surface area contributed by atoms with Gasteiger partial charge in [-0.05, 0) is 44.5 Å². The Kier molecular flexibility index (Phi) is 5.53. The fraction of sp³-hybridized carbons (Fsp3) is 0.381. The number of aryl methyl sites for hydroxylation is 1. The Bertz CT molecular complexity index is 866. The molecule has 7 nitrogen and oxygen atoms in total. The SMILES string of the molecule is Cc1ccccc1NC(=O)C(C)(C)C(=O)N1CCN(C(=O)c2ccco2)CC1. The predicted molar refractivity (Wildman–Crippen MR) is 105 cm³/mol. The average Bonchev–Trinajstić information content (AvgIpc) is 3.23. The number of piperazine rings is 1. The van der Waals surface area contributed by atoms with Crippen molar-refractivity contribution in [3.05, 3.63) is 54.0 Å². The van der Waals surface area contributed by atoms with Crippen molar-refractivity contribution in [1.82, 2.24) is 9.80 Å². The number of nitrogens with one attached hydrogen (secondary N) is 1. The molecule has 0 bridgehead atoms. The van der Waals surface area contributed by atoms with Crippen molar-refractivity contribution < 1.29 is 18.8 Å². The van der Waals surface area contributed by atoms with Crippen LogP contribution in [-0.4, -0.2) is 53.7 Å². The number of carbonyl (C=O) groups is 3. The monoisotopic (exact) mass is 383 g/mol. The van der Waals surface area contributed by atoms with E-state index in [-0.39, 0.29) is 23.5 Å². The first kappa shape index (κ1) is 19.7. The maximum Gasteiger partial charge on any atom is 0.289 e. The number of nitrogens with zero attached hydrogens (tertiary/aromatic N) is 2. The Hall–Kier alpha value is -3.09. The summed E-state index contributed by atoms with van der Waals surface area (Å²) < 4.78 is 5.15. The van der Waals surface area contributed by atoms with E-state index in [9.17, 15) is 14.4 Å². The summed E-state index contributed by atoms with van der Waals surface area (Å²) in [4.78, 5) is 41.4. The van der Waals surface area contributed by atoms with Crippen LogP contribution in [0.15, 0.2) is 47.1 Å². The fourth-order valence-corrected chi connectivity index (χ4v) is 3.15. The van der Waals surface area contributed by atoms with Gasteiger partial charge in [0.15, 0.2) is 5.76 Å². The van der Waals surface area contributed by atoms with E-state index in [1.807, 2.05) is 31.2 Å². The third kappa shape index (κ3) is 3.93. The molecule has 1 N–H and O–H groups in total. The Morgan fingerprint density at radius 1 is 0.964 bits per heavy atom. The van der Waals surface area contributed by atoms with Crippen LogP contribution in [0.2, 0.25) is 0 Å². The van der Waals surface area contributed by atoms with Crippen LogP contribution in [0.3, 0.4) is 0 Å². The van der Waals surface area contributed by atoms with Gasteiger partial charge in [0.2, 0.25) is 11.8 Å². The number of carbonyl (C=O) groups excluding carboxylic acids is 3. The van der Waals surface area contributed by atoms with E-state index < -0.39 is 5.41 Å². The molecule has 0 radical (unpaired) electrons. The number of furan rings is 1. The maximum atomic E-state index is 13.0. The zero-order valence-electron chi connectivity index (χ0n) is 16.4. The highest BCUT2D eigenvalue weighted by Gasteiger charge is 2.40. The highest BCUT2D eigenvalue weighted by atomic mass is 16.3. The fourth-order valence-electron chi connectivity index (χ4n) is 3.15. The van der Waals surface area contributed by atoms with Gasteiger partial charge in [-0.15, -0.1) is 0 Å². The quantitative estimate of drug-likeness (QED) is 0.823. The number of rotatable bonds is 4. The molecule has 1 aromatic heterocycles. The van der Waals surface area contributed by atoms with E-state index in [2.05, 4.69) is 5.32 Å². The first-order valence-corrected chi connectivity index (χ1v) is 9.30. The molecule has 0 aliphatic carbocycles. The van der Waals surface area contributed by atoms with Gasteiger partial charge in [-0.1, -0.05) is 18.2 Å². The first-order valence-electron chi connectivity index (χ1n) is 9.30. The molecule has 0 atom stereocenters. The minimum Gasteiger partial charge on any atom is -0.459 e. The summed E-state index contributed by atoms with van der Waals surface area (Å²) >= 11 is 0. The Morgan fingerprint density at radius 2 is 1.61 bits per heavy atom. The summed E-state index contributed by atoms with van der Waals surface area (Å²) in [5.74, 6) is -0.490. The molecule has 1 saturated heterocycles. The molecule has 1 aromatic carbocycles. The number of para-hydroxylation sites is 1. The van der Waals surface area contributed by atoms with Crippen molar-refractivity contribution in [2.24, 2.45) is 5.41 Å². The van der Waals surface area contributed by atoms with Gasteiger partial charge in [-0.2, -0.15) is 0 Å². The summed E-state index contributed by atoms with van der Waals surface area (Å²) in [6.07, 6.45) is 1.46. The van der Waals surface area contributed by atoms with Crippen molar-refractivity contribution in [3.63, 3.8) is 0 Å². The number of benzene rings is 1. The standard InChI is InChI=1S/C21H25N3O4/c1-15-7-4-5-8-16(15)22-19(26)21(2,3)20(27)24-12-10-23(11-13-24)18(25)17-9-6-14-28-17/h4-9,14H,10-13H2,1-3H3,(H,22,26). The lowest BCUT2D eigenvalue weighted by Gasteiger charge is -2.37. The van der Waals surface area contributed by atoms with E-state index in [0.29, 0.717) is 31.9 Å². The predicted octanol–water partition coefficient (Wildman–Crippen LogP) is 2.54. The number of hydrogen-bond donors (Lipinski definition) is 1. The lowest BCUT2D eigenvalue weighted by atomic mass is 9.89. The third-order valence-electron chi connectivity index (χ3n) is 5.08. The molecular formula is C21H25N3O4. The van der Waals surface area contributed by atoms with Gasteiger partial charge in [0.25, 0.3) is 5.91 Å². The van der Waals surface area contributed by atoms with Crippen LogP contribution in [0.25, 0.3) is 0 Å². The Balaban J connectivity index is 1.61. The summed E-state index contributed by atoms with van der Waals surface area (Å²) in [5.41, 5.74) is 0.418. The van der Waals surface area contributed by atoms with E-state index in [1.54, 1.807) is 35.8 Å². The van der Waals surface area contributed by atoms with Crippen LogP contribution in [0.1, 0.15) is 30.0 Å². The van der Waals surface area contributed by atoms with Crippen molar-refractivity contribution in [1.29, 1.82) is 0 Å². The molecule has 1 aliphatic rings. The van der Waals surface area contributed by atoms with E-state index in [0.717, 1.165) is 5.56 Å². The van der Waals surface area contributed by atoms with Crippen LogP contribution in [0.5, 0.6) is 0 Å². The van der Waals surface area contributed by atoms with Gasteiger partial charge in [0, 0.05) is 31.9 Å². The van der Waals surface area contributed by atoms with Crippen molar-refractivity contribution in [2.75, 3.05) is 31.5 Å². The molecule has 0 spiro atoms. The minimum absolute atomic E-state index is 0.186. The maximum absolute atomic E-state index is 13.0. The lowest BCUT2D eigenvalue weighted by molar-refractivity contribution is -0.147. The minimum atomic E-state index is -1.21. The Labute approximate surface area is 164 Å². The molecule has 28 heavy (non-hydrogen) atoms. The van der Waals surface area contributed by atoms with Gasteiger partial charge in [-0.25, -0.2) is 0 Å². The van der Waals surface area contributed by atoms with Crippen molar-refractivity contribution >= 4 is 23.4 Å². The number of hydrogen-bond acceptors (Lipinski definition) is 4. The molecule has 3 rings (SSSR count). The summed E-state index contributed by atoms with van der Waals surface area (Å²) in [5, 5.41) is 2.85. The molecule has 0 unspecified atom stereocenters. The first-order chi connectivity index (χ1) is 13.3. The van der Waals surface area contributed by atoms with Gasteiger partial charge in [-0.3, -0.25) is 14.4 Å². The Morgan fingerprint density at radius 3 is 2.21 bits per heavy atom. The second-order valence-corrected chi connectivity index (χ2v) is 7.46.